The Balaban J connectivity index is 1.88. The number of ether oxygens (including phenoxy) is 3. The Morgan fingerprint density at radius 2 is 1.58 bits per heavy atom. The van der Waals surface area contributed by atoms with Gasteiger partial charge in [-0.2, -0.15) is 4.98 Å². The van der Waals surface area contributed by atoms with Crippen LogP contribution in [0, 0.1) is 0 Å². The molecular formula is C17H18N4O3. The third-order valence-corrected chi connectivity index (χ3v) is 3.43. The number of nitrogens with zero attached hydrogens (tertiary/aromatic N) is 3. The Morgan fingerprint density at radius 1 is 0.917 bits per heavy atom. The molecule has 0 fully saturated rings. The summed E-state index contributed by atoms with van der Waals surface area (Å²) in [5, 5.41) is 7.55. The lowest BCUT2D eigenvalue weighted by molar-refractivity contribution is 0.324. The highest BCUT2D eigenvalue weighted by atomic mass is 16.5. The van der Waals surface area contributed by atoms with E-state index in [1.165, 1.54) is 0 Å². The summed E-state index contributed by atoms with van der Waals surface area (Å²) in [6.45, 7) is 0. The molecule has 7 heteroatoms. The summed E-state index contributed by atoms with van der Waals surface area (Å²) in [5.74, 6) is 2.12. The lowest BCUT2D eigenvalue weighted by Crippen LogP contribution is -1.99. The van der Waals surface area contributed by atoms with Crippen LogP contribution in [0.4, 0.5) is 11.6 Å². The highest BCUT2D eigenvalue weighted by molar-refractivity contribution is 5.65. The molecular weight excluding hydrogens is 308 g/mol. The second-order valence-corrected chi connectivity index (χ2v) is 4.89. The molecule has 0 aliphatic carbocycles. The van der Waals surface area contributed by atoms with Gasteiger partial charge in [0.2, 0.25) is 11.7 Å². The highest BCUT2D eigenvalue weighted by Gasteiger charge is 2.14. The highest BCUT2D eigenvalue weighted by Crippen LogP contribution is 2.40. The zero-order valence-electron chi connectivity index (χ0n) is 13.7. The number of aromatic nitrogens is 3. The average molecular weight is 326 g/mol. The van der Waals surface area contributed by atoms with Gasteiger partial charge in [-0.25, -0.2) is 4.68 Å². The molecule has 1 N–H and O–H groups in total. The number of benzene rings is 2. The van der Waals surface area contributed by atoms with E-state index in [2.05, 4.69) is 15.4 Å². The molecule has 0 spiro atoms. The van der Waals surface area contributed by atoms with Crippen molar-refractivity contribution in [2.45, 2.75) is 0 Å². The second-order valence-electron chi connectivity index (χ2n) is 4.89. The molecule has 0 radical (unpaired) electrons. The molecule has 0 atom stereocenters. The van der Waals surface area contributed by atoms with Gasteiger partial charge in [-0.05, 0) is 12.1 Å². The molecule has 0 bridgehead atoms. The van der Waals surface area contributed by atoms with Crippen LogP contribution in [0.5, 0.6) is 17.2 Å². The van der Waals surface area contributed by atoms with Crippen LogP contribution in [0.15, 0.2) is 48.8 Å². The van der Waals surface area contributed by atoms with Crippen LogP contribution in [-0.2, 0) is 0 Å². The van der Waals surface area contributed by atoms with E-state index in [-0.39, 0.29) is 0 Å². The Labute approximate surface area is 139 Å². The van der Waals surface area contributed by atoms with Crippen molar-refractivity contribution in [3.8, 4) is 22.9 Å². The Bertz CT molecular complexity index is 793. The summed E-state index contributed by atoms with van der Waals surface area (Å²) in [6.07, 6.45) is 1.65. The second kappa shape index (κ2) is 6.91. The summed E-state index contributed by atoms with van der Waals surface area (Å²) in [6, 6.07) is 13.4. The van der Waals surface area contributed by atoms with E-state index < -0.39 is 0 Å². The minimum atomic E-state index is 0.466. The third kappa shape index (κ3) is 3.10. The summed E-state index contributed by atoms with van der Waals surface area (Å²) < 4.78 is 17.7. The molecule has 0 saturated heterocycles. The van der Waals surface area contributed by atoms with Gasteiger partial charge >= 0.3 is 0 Å². The number of para-hydroxylation sites is 1. The predicted molar refractivity (Wildman–Crippen MR) is 90.7 cm³/mol. The van der Waals surface area contributed by atoms with Crippen LogP contribution in [0.25, 0.3) is 5.69 Å². The van der Waals surface area contributed by atoms with Gasteiger partial charge in [0, 0.05) is 17.8 Å². The SMILES string of the molecule is COc1cc(Nc2ncn(-c3ccccc3)n2)cc(OC)c1OC. The van der Waals surface area contributed by atoms with E-state index in [0.29, 0.717) is 23.2 Å². The minimum absolute atomic E-state index is 0.466. The Hall–Kier alpha value is -3.22. The van der Waals surface area contributed by atoms with Crippen molar-refractivity contribution in [3.63, 3.8) is 0 Å². The normalized spacial score (nSPS) is 10.3. The first kappa shape index (κ1) is 15.7. The van der Waals surface area contributed by atoms with E-state index >= 15 is 0 Å². The lowest BCUT2D eigenvalue weighted by Gasteiger charge is -2.14. The van der Waals surface area contributed by atoms with Gasteiger partial charge < -0.3 is 19.5 Å². The molecule has 7 nitrogen and oxygen atoms in total. The monoisotopic (exact) mass is 326 g/mol. The summed E-state index contributed by atoms with van der Waals surface area (Å²) in [4.78, 5) is 4.27. The van der Waals surface area contributed by atoms with Crippen LogP contribution in [0.1, 0.15) is 0 Å². The number of hydrogen-bond acceptors (Lipinski definition) is 6. The molecule has 1 aromatic heterocycles. The van der Waals surface area contributed by atoms with Gasteiger partial charge in [0.15, 0.2) is 11.5 Å². The molecule has 1 heterocycles. The van der Waals surface area contributed by atoms with Gasteiger partial charge in [-0.15, -0.1) is 5.10 Å². The van der Waals surface area contributed by atoms with Crippen LogP contribution < -0.4 is 19.5 Å². The maximum atomic E-state index is 5.34. The molecule has 0 aliphatic rings. The fraction of sp³-hybridized carbons (Fsp3) is 0.176. The van der Waals surface area contributed by atoms with Crippen LogP contribution in [-0.4, -0.2) is 36.1 Å². The van der Waals surface area contributed by atoms with E-state index in [9.17, 15) is 0 Å². The Kier molecular flexibility index (Phi) is 4.51. The third-order valence-electron chi connectivity index (χ3n) is 3.43. The number of nitrogens with one attached hydrogen (secondary N) is 1. The van der Waals surface area contributed by atoms with Crippen LogP contribution in [0.3, 0.4) is 0 Å². The standard InChI is InChI=1S/C17H18N4O3/c1-22-14-9-12(10-15(23-2)16(14)24-3)19-17-18-11-21(20-17)13-7-5-4-6-8-13/h4-11H,1-3H3,(H,19,20). The van der Waals surface area contributed by atoms with Crippen molar-refractivity contribution in [2.75, 3.05) is 26.6 Å². The summed E-state index contributed by atoms with van der Waals surface area (Å²) >= 11 is 0. The van der Waals surface area contributed by atoms with Crippen molar-refractivity contribution in [1.82, 2.24) is 14.8 Å². The number of methoxy groups -OCH3 is 3. The zero-order valence-corrected chi connectivity index (χ0v) is 13.7. The smallest absolute Gasteiger partial charge is 0.246 e. The van der Waals surface area contributed by atoms with Gasteiger partial charge in [-0.3, -0.25) is 0 Å². The summed E-state index contributed by atoms with van der Waals surface area (Å²) in [7, 11) is 4.71. The largest absolute Gasteiger partial charge is 0.493 e. The number of hydrogen-bond donors (Lipinski definition) is 1. The predicted octanol–water partition coefficient (Wildman–Crippen LogP) is 3.04. The number of rotatable bonds is 6. The molecule has 124 valence electrons. The van der Waals surface area contributed by atoms with Gasteiger partial charge in [0.1, 0.15) is 6.33 Å². The van der Waals surface area contributed by atoms with Crippen molar-refractivity contribution in [3.05, 3.63) is 48.8 Å². The number of anilines is 2. The molecule has 3 rings (SSSR count). The van der Waals surface area contributed by atoms with E-state index in [0.717, 1.165) is 11.4 Å². The molecule has 0 saturated carbocycles. The molecule has 0 unspecified atom stereocenters. The van der Waals surface area contributed by atoms with Crippen molar-refractivity contribution in [2.24, 2.45) is 0 Å². The molecule has 2 aromatic carbocycles. The first-order chi connectivity index (χ1) is 11.7. The van der Waals surface area contributed by atoms with E-state index in [1.807, 2.05) is 30.3 Å². The van der Waals surface area contributed by atoms with E-state index in [1.54, 1.807) is 44.5 Å². The quantitative estimate of drug-likeness (QED) is 0.751. The first-order valence-corrected chi connectivity index (χ1v) is 7.29. The topological polar surface area (TPSA) is 70.4 Å². The van der Waals surface area contributed by atoms with Gasteiger partial charge in [0.05, 0.1) is 27.0 Å². The van der Waals surface area contributed by atoms with Crippen molar-refractivity contribution < 1.29 is 14.2 Å². The molecule has 24 heavy (non-hydrogen) atoms. The van der Waals surface area contributed by atoms with E-state index in [4.69, 9.17) is 14.2 Å². The Morgan fingerprint density at radius 3 is 2.17 bits per heavy atom. The fourth-order valence-electron chi connectivity index (χ4n) is 2.31. The molecule has 0 aliphatic heterocycles. The van der Waals surface area contributed by atoms with Gasteiger partial charge in [0.25, 0.3) is 0 Å². The lowest BCUT2D eigenvalue weighted by atomic mass is 10.2. The van der Waals surface area contributed by atoms with Crippen LogP contribution in [0.2, 0.25) is 0 Å². The summed E-state index contributed by atoms with van der Waals surface area (Å²) in [5.41, 5.74) is 1.67. The van der Waals surface area contributed by atoms with Crippen molar-refractivity contribution in [1.29, 1.82) is 0 Å². The first-order valence-electron chi connectivity index (χ1n) is 7.29. The molecule has 0 amide bonds. The zero-order chi connectivity index (χ0) is 16.9. The maximum absolute atomic E-state index is 5.34. The fourth-order valence-corrected chi connectivity index (χ4v) is 2.31. The van der Waals surface area contributed by atoms with Crippen molar-refractivity contribution >= 4 is 11.6 Å². The minimum Gasteiger partial charge on any atom is -0.493 e. The molecule has 3 aromatic rings. The van der Waals surface area contributed by atoms with Crippen LogP contribution >= 0.6 is 0 Å². The van der Waals surface area contributed by atoms with Gasteiger partial charge in [-0.1, -0.05) is 18.2 Å². The maximum Gasteiger partial charge on any atom is 0.246 e. The average Bonchev–Trinajstić information content (AvgIpc) is 3.10.